The van der Waals surface area contributed by atoms with E-state index in [1.165, 1.54) is 10.4 Å². The van der Waals surface area contributed by atoms with Crippen molar-refractivity contribution in [3.8, 4) is 0 Å². The van der Waals surface area contributed by atoms with Crippen molar-refractivity contribution in [2.75, 3.05) is 6.61 Å². The number of nitrogens with zero attached hydrogens (tertiary/aromatic N) is 5. The number of tetrazole rings is 1. The third-order valence-electron chi connectivity index (χ3n) is 6.65. The molecule has 1 fully saturated rings. The molecule has 1 saturated heterocycles. The highest BCUT2D eigenvalue weighted by Gasteiger charge is 2.28. The average molecular weight is 493 g/mol. The highest BCUT2D eigenvalue weighted by atomic mass is 32.1. The number of fused-ring (bicyclic) bond motifs is 1. The molecular weight excluding hydrogens is 460 g/mol. The summed E-state index contributed by atoms with van der Waals surface area (Å²) in [5.41, 5.74) is 2.73. The summed E-state index contributed by atoms with van der Waals surface area (Å²) in [5, 5.41) is 16.0. The predicted octanol–water partition coefficient (Wildman–Crippen LogP) is 4.61. The molecule has 2 atom stereocenters. The van der Waals surface area contributed by atoms with Crippen LogP contribution in [0.5, 0.6) is 0 Å². The van der Waals surface area contributed by atoms with Crippen molar-refractivity contribution in [1.29, 1.82) is 0 Å². The smallest absolute Gasteiger partial charge is 0.252 e. The number of benzene rings is 1. The number of pyridine rings is 1. The summed E-state index contributed by atoms with van der Waals surface area (Å²) < 4.78 is 7.76. The van der Waals surface area contributed by atoms with Gasteiger partial charge in [0.1, 0.15) is 0 Å². The van der Waals surface area contributed by atoms with Crippen LogP contribution in [0.4, 0.5) is 0 Å². The van der Waals surface area contributed by atoms with Gasteiger partial charge in [0.2, 0.25) is 0 Å². The molecule has 3 aromatic heterocycles. The Morgan fingerprint density at radius 1 is 1.29 bits per heavy atom. The van der Waals surface area contributed by atoms with E-state index in [1.807, 2.05) is 22.9 Å². The van der Waals surface area contributed by atoms with Gasteiger partial charge in [0.05, 0.1) is 18.7 Å². The molecule has 1 N–H and O–H groups in total. The van der Waals surface area contributed by atoms with Crippen molar-refractivity contribution in [2.45, 2.75) is 71.3 Å². The molecule has 0 amide bonds. The number of H-pyrrole nitrogens is 1. The van der Waals surface area contributed by atoms with Crippen LogP contribution in [0.25, 0.3) is 10.9 Å². The van der Waals surface area contributed by atoms with Gasteiger partial charge >= 0.3 is 0 Å². The second-order valence-electron chi connectivity index (χ2n) is 9.36. The number of aryl methyl sites for hydroxylation is 1. The van der Waals surface area contributed by atoms with Crippen molar-refractivity contribution in [1.82, 2.24) is 30.1 Å². The maximum absolute atomic E-state index is 13.1. The van der Waals surface area contributed by atoms with Gasteiger partial charge in [-0.25, -0.2) is 4.68 Å². The Hall–Kier alpha value is -2.88. The molecule has 1 aromatic carbocycles. The molecule has 1 aliphatic heterocycles. The van der Waals surface area contributed by atoms with Gasteiger partial charge in [-0.1, -0.05) is 31.0 Å². The summed E-state index contributed by atoms with van der Waals surface area (Å²) in [6.45, 7) is 6.93. The standard InChI is InChI=1S/C26H32N6O2S/c1-3-6-24(25-28-29-30-32(25)16-21-7-4-11-34-21)31(17-22-8-5-12-35-22)15-20-14-19-13-18(2)9-10-23(19)27-26(20)33/h5,8-10,12-14,21,24H,3-4,6-7,11,15-17H2,1-2H3,(H,27,33). The summed E-state index contributed by atoms with van der Waals surface area (Å²) >= 11 is 1.73. The summed E-state index contributed by atoms with van der Waals surface area (Å²) in [6, 6.07) is 12.3. The number of thiophene rings is 1. The van der Waals surface area contributed by atoms with E-state index in [1.54, 1.807) is 11.3 Å². The molecule has 35 heavy (non-hydrogen) atoms. The number of aromatic amines is 1. The first-order chi connectivity index (χ1) is 17.1. The van der Waals surface area contributed by atoms with Gasteiger partial charge in [0.25, 0.3) is 5.56 Å². The van der Waals surface area contributed by atoms with E-state index < -0.39 is 0 Å². The Morgan fingerprint density at radius 2 is 2.20 bits per heavy atom. The van der Waals surface area contributed by atoms with E-state index in [4.69, 9.17) is 4.74 Å². The molecule has 0 saturated carbocycles. The SMILES string of the molecule is CCCC(c1nnnn1CC1CCCO1)N(Cc1cccs1)Cc1cc2cc(C)ccc2[nH]c1=O. The van der Waals surface area contributed by atoms with Crippen LogP contribution in [-0.4, -0.2) is 42.8 Å². The number of aromatic nitrogens is 5. The summed E-state index contributed by atoms with van der Waals surface area (Å²) in [7, 11) is 0. The summed E-state index contributed by atoms with van der Waals surface area (Å²) in [4.78, 5) is 19.7. The van der Waals surface area contributed by atoms with Gasteiger partial charge in [-0.15, -0.1) is 16.4 Å². The molecule has 4 aromatic rings. The predicted molar refractivity (Wildman–Crippen MR) is 137 cm³/mol. The molecule has 0 radical (unpaired) electrons. The summed E-state index contributed by atoms with van der Waals surface area (Å²) in [6.07, 6.45) is 4.13. The average Bonchev–Trinajstić information content (AvgIpc) is 3.62. The highest BCUT2D eigenvalue weighted by Crippen LogP contribution is 2.29. The van der Waals surface area contributed by atoms with E-state index in [9.17, 15) is 4.79 Å². The summed E-state index contributed by atoms with van der Waals surface area (Å²) in [5.74, 6) is 0.840. The lowest BCUT2D eigenvalue weighted by Crippen LogP contribution is -2.33. The topological polar surface area (TPSA) is 88.9 Å². The number of nitrogens with one attached hydrogen (secondary N) is 1. The molecule has 0 spiro atoms. The normalized spacial score (nSPS) is 16.9. The van der Waals surface area contributed by atoms with Crippen LogP contribution in [0.1, 0.15) is 60.5 Å². The third-order valence-corrected chi connectivity index (χ3v) is 7.51. The number of rotatable bonds is 10. The fraction of sp³-hybridized carbons (Fsp3) is 0.462. The van der Waals surface area contributed by atoms with E-state index >= 15 is 0 Å². The van der Waals surface area contributed by atoms with E-state index in [2.05, 4.69) is 62.8 Å². The quantitative estimate of drug-likeness (QED) is 0.348. The van der Waals surface area contributed by atoms with Crippen molar-refractivity contribution in [3.63, 3.8) is 0 Å². The Kier molecular flexibility index (Phi) is 7.36. The largest absolute Gasteiger partial charge is 0.376 e. The minimum atomic E-state index is -0.0493. The van der Waals surface area contributed by atoms with Gasteiger partial charge in [0.15, 0.2) is 5.82 Å². The van der Waals surface area contributed by atoms with Crippen molar-refractivity contribution < 1.29 is 4.74 Å². The molecule has 1 aliphatic rings. The number of hydrogen-bond acceptors (Lipinski definition) is 7. The van der Waals surface area contributed by atoms with Crippen LogP contribution in [0.3, 0.4) is 0 Å². The molecule has 9 heteroatoms. The van der Waals surface area contributed by atoms with Crippen LogP contribution >= 0.6 is 11.3 Å². The minimum absolute atomic E-state index is 0.0221. The van der Waals surface area contributed by atoms with Crippen LogP contribution in [0.2, 0.25) is 0 Å². The van der Waals surface area contributed by atoms with E-state index in [0.717, 1.165) is 61.1 Å². The maximum atomic E-state index is 13.1. The molecule has 184 valence electrons. The van der Waals surface area contributed by atoms with E-state index in [-0.39, 0.29) is 17.7 Å². The number of ether oxygens (including phenoxy) is 1. The Balaban J connectivity index is 1.50. The molecule has 5 rings (SSSR count). The second kappa shape index (κ2) is 10.8. The first kappa shape index (κ1) is 23.8. The van der Waals surface area contributed by atoms with Crippen LogP contribution in [0.15, 0.2) is 46.6 Å². The molecular formula is C26H32N6O2S. The van der Waals surface area contributed by atoms with Crippen molar-refractivity contribution in [2.24, 2.45) is 0 Å². The molecule has 0 bridgehead atoms. The lowest BCUT2D eigenvalue weighted by molar-refractivity contribution is 0.0885. The lowest BCUT2D eigenvalue weighted by atomic mass is 10.1. The Morgan fingerprint density at radius 3 is 2.97 bits per heavy atom. The van der Waals surface area contributed by atoms with Crippen LogP contribution in [-0.2, 0) is 24.4 Å². The van der Waals surface area contributed by atoms with Crippen molar-refractivity contribution in [3.05, 3.63) is 74.0 Å². The Labute approximate surface area is 208 Å². The van der Waals surface area contributed by atoms with Gasteiger partial charge in [-0.3, -0.25) is 9.69 Å². The van der Waals surface area contributed by atoms with Gasteiger partial charge in [-0.2, -0.15) is 0 Å². The van der Waals surface area contributed by atoms with Crippen LogP contribution in [0, 0.1) is 6.92 Å². The molecule has 0 aliphatic carbocycles. The second-order valence-corrected chi connectivity index (χ2v) is 10.4. The Bertz CT molecular complexity index is 1310. The van der Waals surface area contributed by atoms with Gasteiger partial charge in [0, 0.05) is 35.7 Å². The zero-order valence-corrected chi connectivity index (χ0v) is 21.1. The van der Waals surface area contributed by atoms with E-state index in [0.29, 0.717) is 13.1 Å². The highest BCUT2D eigenvalue weighted by molar-refractivity contribution is 7.09. The number of hydrogen-bond donors (Lipinski definition) is 1. The minimum Gasteiger partial charge on any atom is -0.376 e. The first-order valence-electron chi connectivity index (χ1n) is 12.4. The molecule has 2 unspecified atom stereocenters. The van der Waals surface area contributed by atoms with Gasteiger partial charge in [-0.05, 0) is 71.6 Å². The van der Waals surface area contributed by atoms with Crippen molar-refractivity contribution >= 4 is 22.2 Å². The zero-order valence-electron chi connectivity index (χ0n) is 20.3. The fourth-order valence-corrected chi connectivity index (χ4v) is 5.63. The maximum Gasteiger partial charge on any atom is 0.252 e. The van der Waals surface area contributed by atoms with Crippen LogP contribution < -0.4 is 5.56 Å². The molecule has 4 heterocycles. The fourth-order valence-electron chi connectivity index (χ4n) is 4.90. The monoisotopic (exact) mass is 492 g/mol. The molecule has 8 nitrogen and oxygen atoms in total. The van der Waals surface area contributed by atoms with Gasteiger partial charge < -0.3 is 9.72 Å². The first-order valence-corrected chi connectivity index (χ1v) is 13.3. The zero-order chi connectivity index (χ0) is 24.2. The lowest BCUT2D eigenvalue weighted by Gasteiger charge is -2.30. The third kappa shape index (κ3) is 5.52.